The summed E-state index contributed by atoms with van der Waals surface area (Å²) in [4.78, 5) is 28.1. The van der Waals surface area contributed by atoms with Crippen molar-refractivity contribution in [1.82, 2.24) is 5.32 Å². The van der Waals surface area contributed by atoms with Gasteiger partial charge in [0.1, 0.15) is 18.5 Å². The molecule has 3 aromatic carbocycles. The Morgan fingerprint density at radius 1 is 0.844 bits per heavy atom. The number of ether oxygens (including phenoxy) is 4. The van der Waals surface area contributed by atoms with Crippen LogP contribution >= 0.6 is 0 Å². The average molecular weight is 608 g/mol. The quantitative estimate of drug-likeness (QED) is 0.252. The molecule has 0 bridgehead atoms. The van der Waals surface area contributed by atoms with Gasteiger partial charge in [0.25, 0.3) is 0 Å². The number of dihydropyridines is 1. The Bertz CT molecular complexity index is 1620. The van der Waals surface area contributed by atoms with E-state index in [9.17, 15) is 9.59 Å². The van der Waals surface area contributed by atoms with Gasteiger partial charge in [-0.2, -0.15) is 0 Å². The summed E-state index contributed by atoms with van der Waals surface area (Å²) in [5.41, 5.74) is 5.60. The Balaban J connectivity index is 1.35. The number of methoxy groups -OCH3 is 2. The van der Waals surface area contributed by atoms with Crippen molar-refractivity contribution in [2.75, 3.05) is 14.2 Å². The lowest BCUT2D eigenvalue weighted by Crippen LogP contribution is -2.37. The van der Waals surface area contributed by atoms with Crippen LogP contribution in [0.25, 0.3) is 0 Å². The van der Waals surface area contributed by atoms with Crippen LogP contribution in [0.15, 0.2) is 95.3 Å². The van der Waals surface area contributed by atoms with Gasteiger partial charge in [0.2, 0.25) is 0 Å². The van der Waals surface area contributed by atoms with Gasteiger partial charge in [-0.15, -0.1) is 0 Å². The maximum absolute atomic E-state index is 14.2. The zero-order chi connectivity index (χ0) is 31.3. The summed E-state index contributed by atoms with van der Waals surface area (Å²) in [6.45, 7) is 2.33. The third-order valence-corrected chi connectivity index (χ3v) is 9.19. The second-order valence-electron chi connectivity index (χ2n) is 12.1. The normalized spacial score (nSPS) is 20.3. The summed E-state index contributed by atoms with van der Waals surface area (Å²) < 4.78 is 23.3. The van der Waals surface area contributed by atoms with Gasteiger partial charge in [-0.25, -0.2) is 4.79 Å². The standard InChI is InChI=1S/C38H41NO6/c1-24-35(38(41)45-29-14-8-5-9-15-29)36(27-13-10-16-30(19-27)44-23-25-11-6-4-7-12-25)37-31(39-24)20-28(21-32(37)40)26-17-18-33(42-2)34(22-26)43-3/h4,6-7,10-13,16-19,22,28-29,36,39H,5,8-9,14-15,20-21,23H2,1-3H3/t28-,36+/m0/s1. The van der Waals surface area contributed by atoms with E-state index in [-0.39, 0.29) is 23.8 Å². The third kappa shape index (κ3) is 6.63. The number of nitrogens with one attached hydrogen (secondary N) is 1. The molecular weight excluding hydrogens is 566 g/mol. The smallest absolute Gasteiger partial charge is 0.337 e. The lowest BCUT2D eigenvalue weighted by Gasteiger charge is -2.37. The largest absolute Gasteiger partial charge is 0.493 e. The summed E-state index contributed by atoms with van der Waals surface area (Å²) in [6.07, 6.45) is 5.88. The van der Waals surface area contributed by atoms with Crippen LogP contribution in [0.1, 0.15) is 80.4 Å². The molecule has 3 aromatic rings. The highest BCUT2D eigenvalue weighted by atomic mass is 16.5. The van der Waals surface area contributed by atoms with E-state index >= 15 is 0 Å². The van der Waals surface area contributed by atoms with Gasteiger partial charge in [0.05, 0.1) is 19.8 Å². The minimum atomic E-state index is -0.559. The number of hydrogen-bond donors (Lipinski definition) is 1. The molecule has 1 fully saturated rings. The Morgan fingerprint density at radius 3 is 2.38 bits per heavy atom. The molecule has 0 unspecified atom stereocenters. The first-order valence-electron chi connectivity index (χ1n) is 15.9. The predicted molar refractivity (Wildman–Crippen MR) is 172 cm³/mol. The van der Waals surface area contributed by atoms with Crippen molar-refractivity contribution in [3.05, 3.63) is 112 Å². The molecule has 2 atom stereocenters. The fourth-order valence-electron chi connectivity index (χ4n) is 6.91. The van der Waals surface area contributed by atoms with E-state index in [2.05, 4.69) is 5.32 Å². The van der Waals surface area contributed by atoms with Gasteiger partial charge in [0.15, 0.2) is 17.3 Å². The number of allylic oxidation sites excluding steroid dienone is 3. The van der Waals surface area contributed by atoms with Crippen molar-refractivity contribution >= 4 is 11.8 Å². The minimum Gasteiger partial charge on any atom is -0.493 e. The molecule has 0 amide bonds. The molecule has 0 saturated heterocycles. The van der Waals surface area contributed by atoms with Crippen molar-refractivity contribution in [2.45, 2.75) is 76.4 Å². The second-order valence-corrected chi connectivity index (χ2v) is 12.1. The molecule has 0 radical (unpaired) electrons. The van der Waals surface area contributed by atoms with Gasteiger partial charge in [-0.3, -0.25) is 4.79 Å². The number of esters is 1. The van der Waals surface area contributed by atoms with Crippen molar-refractivity contribution in [2.24, 2.45) is 0 Å². The molecule has 1 heterocycles. The van der Waals surface area contributed by atoms with Crippen LogP contribution in [-0.2, 0) is 20.9 Å². The number of Topliss-reactive ketones (excluding diaryl/α,β-unsaturated/α-hetero) is 1. The molecule has 0 aromatic heterocycles. The van der Waals surface area contributed by atoms with Gasteiger partial charge in [-0.05, 0) is 85.9 Å². The van der Waals surface area contributed by atoms with Gasteiger partial charge in [0, 0.05) is 29.3 Å². The van der Waals surface area contributed by atoms with Gasteiger partial charge in [-0.1, -0.05) is 55.0 Å². The molecule has 7 heteroatoms. The molecule has 6 rings (SSSR count). The number of rotatable bonds is 9. The summed E-state index contributed by atoms with van der Waals surface area (Å²) >= 11 is 0. The lowest BCUT2D eigenvalue weighted by atomic mass is 9.71. The maximum Gasteiger partial charge on any atom is 0.337 e. The van der Waals surface area contributed by atoms with E-state index in [1.54, 1.807) is 14.2 Å². The van der Waals surface area contributed by atoms with Crippen LogP contribution in [0.2, 0.25) is 0 Å². The van der Waals surface area contributed by atoms with Crippen LogP contribution < -0.4 is 19.5 Å². The molecule has 7 nitrogen and oxygen atoms in total. The first-order chi connectivity index (χ1) is 21.9. The SMILES string of the molecule is COc1ccc([C@@H]2CC(=O)C3=C(C2)NC(C)=C(C(=O)OC2CCCCC2)[C@H]3c2cccc(OCc3ccccc3)c2)cc1OC. The van der Waals surface area contributed by atoms with E-state index in [0.29, 0.717) is 47.8 Å². The van der Waals surface area contributed by atoms with Gasteiger partial charge >= 0.3 is 5.97 Å². The molecule has 3 aliphatic rings. The minimum absolute atomic E-state index is 0.0135. The second kappa shape index (κ2) is 13.6. The molecule has 2 aliphatic carbocycles. The molecule has 1 saturated carbocycles. The summed E-state index contributed by atoms with van der Waals surface area (Å²) in [7, 11) is 3.22. The van der Waals surface area contributed by atoms with E-state index in [0.717, 1.165) is 53.8 Å². The maximum atomic E-state index is 14.2. The zero-order valence-corrected chi connectivity index (χ0v) is 26.3. The Kier molecular flexibility index (Phi) is 9.24. The predicted octanol–water partition coefficient (Wildman–Crippen LogP) is 7.52. The summed E-state index contributed by atoms with van der Waals surface area (Å²) in [5.74, 6) is 1.01. The van der Waals surface area contributed by atoms with E-state index in [4.69, 9.17) is 18.9 Å². The zero-order valence-electron chi connectivity index (χ0n) is 26.3. The molecular formula is C38H41NO6. The first kappa shape index (κ1) is 30.5. The van der Waals surface area contributed by atoms with Crippen LogP contribution in [0.4, 0.5) is 0 Å². The number of ketones is 1. The third-order valence-electron chi connectivity index (χ3n) is 9.19. The van der Waals surface area contributed by atoms with E-state index < -0.39 is 5.92 Å². The summed E-state index contributed by atoms with van der Waals surface area (Å²) in [6, 6.07) is 23.6. The van der Waals surface area contributed by atoms with Crippen LogP contribution in [0.3, 0.4) is 0 Å². The van der Waals surface area contributed by atoms with Crippen LogP contribution in [0, 0.1) is 0 Å². The lowest BCUT2D eigenvalue weighted by molar-refractivity contribution is -0.146. The number of hydrogen-bond acceptors (Lipinski definition) is 7. The average Bonchev–Trinajstić information content (AvgIpc) is 3.07. The molecule has 1 N–H and O–H groups in total. The van der Waals surface area contributed by atoms with Gasteiger partial charge < -0.3 is 24.3 Å². The number of carbonyl (C=O) groups is 2. The van der Waals surface area contributed by atoms with E-state index in [1.807, 2.05) is 79.7 Å². The Hall–Kier alpha value is -4.52. The van der Waals surface area contributed by atoms with Crippen molar-refractivity contribution in [1.29, 1.82) is 0 Å². The first-order valence-corrected chi connectivity index (χ1v) is 15.9. The van der Waals surface area contributed by atoms with Crippen molar-refractivity contribution in [3.8, 4) is 17.2 Å². The summed E-state index contributed by atoms with van der Waals surface area (Å²) in [5, 5.41) is 3.48. The molecule has 1 aliphatic heterocycles. The Morgan fingerprint density at radius 2 is 1.62 bits per heavy atom. The fourth-order valence-corrected chi connectivity index (χ4v) is 6.91. The monoisotopic (exact) mass is 607 g/mol. The van der Waals surface area contributed by atoms with Crippen LogP contribution in [-0.4, -0.2) is 32.1 Å². The molecule has 45 heavy (non-hydrogen) atoms. The highest BCUT2D eigenvalue weighted by Crippen LogP contribution is 2.47. The fraction of sp³-hybridized carbons (Fsp3) is 0.368. The molecule has 0 spiro atoms. The highest BCUT2D eigenvalue weighted by molar-refractivity contribution is 6.04. The number of carbonyl (C=O) groups excluding carboxylic acids is 2. The van der Waals surface area contributed by atoms with Crippen molar-refractivity contribution < 1.29 is 28.5 Å². The van der Waals surface area contributed by atoms with Crippen molar-refractivity contribution in [3.63, 3.8) is 0 Å². The van der Waals surface area contributed by atoms with Crippen LogP contribution in [0.5, 0.6) is 17.2 Å². The van der Waals surface area contributed by atoms with E-state index in [1.165, 1.54) is 6.42 Å². The number of benzene rings is 3. The topological polar surface area (TPSA) is 83.1 Å². The highest BCUT2D eigenvalue weighted by Gasteiger charge is 2.42. The molecule has 234 valence electrons. The Labute approximate surface area is 265 Å².